The zero-order valence-electron chi connectivity index (χ0n) is 26.4. The summed E-state index contributed by atoms with van der Waals surface area (Å²) in [5.74, 6) is 0.00948. The second-order valence-electron chi connectivity index (χ2n) is 13.0. The average Bonchev–Trinajstić information content (AvgIpc) is 3.09. The Labute approximate surface area is 271 Å². The molecular weight excluding hydrogens is 577 g/mol. The molecule has 46 heavy (non-hydrogen) atoms. The average molecular weight is 613 g/mol. The molecule has 2 nitrogen and oxygen atoms in total. The molecule has 0 saturated carbocycles. The third-order valence-corrected chi connectivity index (χ3v) is 15.4. The van der Waals surface area contributed by atoms with Crippen molar-refractivity contribution in [1.82, 2.24) is 0 Å². The van der Waals surface area contributed by atoms with Crippen LogP contribution in [0.2, 0.25) is 5.04 Å². The van der Waals surface area contributed by atoms with Gasteiger partial charge in [0.05, 0.1) is 5.56 Å². The van der Waals surface area contributed by atoms with E-state index >= 15 is 0 Å². The molecule has 0 aliphatic rings. The van der Waals surface area contributed by atoms with Gasteiger partial charge in [0.2, 0.25) is 0 Å². The van der Waals surface area contributed by atoms with Gasteiger partial charge in [-0.25, -0.2) is 0 Å². The maximum absolute atomic E-state index is 12.2. The van der Waals surface area contributed by atoms with Gasteiger partial charge >= 0.3 is 0 Å². The smallest absolute Gasteiger partial charge is 0.153 e. The first kappa shape index (κ1) is 29.5. The minimum absolute atomic E-state index is 0.00948. The summed E-state index contributed by atoms with van der Waals surface area (Å²) in [6, 6.07) is 53.4. The molecule has 0 aromatic heterocycles. The molecule has 0 radical (unpaired) electrons. The third-order valence-electron chi connectivity index (χ3n) is 9.52. The Morgan fingerprint density at radius 2 is 1.04 bits per heavy atom. The molecule has 0 aliphatic heterocycles. The van der Waals surface area contributed by atoms with Gasteiger partial charge < -0.3 is 5.11 Å². The van der Waals surface area contributed by atoms with Gasteiger partial charge in [-0.3, -0.25) is 4.79 Å². The number of fused-ring (bicyclic) bond motifs is 2. The van der Waals surface area contributed by atoms with Crippen molar-refractivity contribution in [2.45, 2.75) is 25.8 Å². The number of phenolic OH excluding ortho intramolecular Hbond substituents is 1. The maximum Gasteiger partial charge on any atom is 0.153 e. The lowest BCUT2D eigenvalue weighted by atomic mass is 9.86. The normalized spacial score (nSPS) is 12.0. The Kier molecular flexibility index (Phi) is 7.42. The molecular formula is C43H36O2Si. The molecule has 7 aromatic rings. The van der Waals surface area contributed by atoms with E-state index in [1.807, 2.05) is 36.4 Å². The fraction of sp³-hybridized carbons (Fsp3) is 0.0930. The van der Waals surface area contributed by atoms with E-state index in [4.69, 9.17) is 0 Å². The highest BCUT2D eigenvalue weighted by atomic mass is 28.3. The molecule has 0 heterocycles. The van der Waals surface area contributed by atoms with E-state index < -0.39 is 8.07 Å². The van der Waals surface area contributed by atoms with Crippen molar-refractivity contribution in [3.63, 3.8) is 0 Å². The summed E-state index contributed by atoms with van der Waals surface area (Å²) in [5.41, 5.74) is 3.96. The molecule has 7 aromatic carbocycles. The van der Waals surface area contributed by atoms with Crippen LogP contribution < -0.4 is 15.6 Å². The molecule has 0 spiro atoms. The molecule has 1 N–H and O–H groups in total. The Bertz CT molecular complexity index is 2160. The van der Waals surface area contributed by atoms with E-state index in [0.29, 0.717) is 5.56 Å². The number of aromatic hydroxyl groups is 1. The largest absolute Gasteiger partial charge is 0.507 e. The summed E-state index contributed by atoms with van der Waals surface area (Å²) >= 11 is 0. The summed E-state index contributed by atoms with van der Waals surface area (Å²) < 4.78 is 0. The monoisotopic (exact) mass is 612 g/mol. The first-order valence-corrected chi connectivity index (χ1v) is 17.8. The molecule has 3 heteroatoms. The van der Waals surface area contributed by atoms with Gasteiger partial charge in [0.25, 0.3) is 0 Å². The van der Waals surface area contributed by atoms with Crippen LogP contribution in [0.4, 0.5) is 0 Å². The zero-order chi connectivity index (χ0) is 31.9. The second-order valence-corrected chi connectivity index (χ2v) is 17.8. The number of rotatable bonds is 6. The minimum atomic E-state index is -2.51. The number of hydrogen-bond donors (Lipinski definition) is 1. The van der Waals surface area contributed by atoms with E-state index in [9.17, 15) is 9.90 Å². The molecule has 0 bridgehead atoms. The Morgan fingerprint density at radius 1 is 0.543 bits per heavy atom. The number of carbonyl (C=O) groups excluding carboxylic acids is 1. The predicted molar refractivity (Wildman–Crippen MR) is 197 cm³/mol. The number of benzene rings is 7. The lowest BCUT2D eigenvalue weighted by molar-refractivity contribution is 0.112. The number of aldehydes is 1. The van der Waals surface area contributed by atoms with Crippen molar-refractivity contribution in [1.29, 1.82) is 0 Å². The first-order chi connectivity index (χ1) is 22.3. The molecule has 0 amide bonds. The fourth-order valence-corrected chi connectivity index (χ4v) is 13.2. The molecule has 0 saturated heterocycles. The highest BCUT2D eigenvalue weighted by Gasteiger charge is 2.49. The van der Waals surface area contributed by atoms with Crippen LogP contribution in [0.15, 0.2) is 152 Å². The quantitative estimate of drug-likeness (QED) is 0.116. The van der Waals surface area contributed by atoms with E-state index in [0.717, 1.165) is 44.5 Å². The van der Waals surface area contributed by atoms with E-state index in [-0.39, 0.29) is 16.4 Å². The Balaban J connectivity index is 1.51. The van der Waals surface area contributed by atoms with Gasteiger partial charge in [-0.05, 0) is 59.3 Å². The lowest BCUT2D eigenvalue weighted by Gasteiger charge is -2.44. The van der Waals surface area contributed by atoms with Crippen LogP contribution in [-0.4, -0.2) is 19.5 Å². The van der Waals surface area contributed by atoms with E-state index in [1.54, 1.807) is 6.07 Å². The molecule has 0 unspecified atom stereocenters. The maximum atomic E-state index is 12.2. The van der Waals surface area contributed by atoms with E-state index in [1.165, 1.54) is 15.6 Å². The van der Waals surface area contributed by atoms with Crippen LogP contribution in [0.25, 0.3) is 43.8 Å². The second kappa shape index (κ2) is 11.6. The van der Waals surface area contributed by atoms with Gasteiger partial charge in [0.1, 0.15) is 5.75 Å². The van der Waals surface area contributed by atoms with E-state index in [2.05, 4.69) is 130 Å². The number of phenols is 1. The van der Waals surface area contributed by atoms with Crippen molar-refractivity contribution in [2.75, 3.05) is 0 Å². The summed E-state index contributed by atoms with van der Waals surface area (Å²) in [6.45, 7) is 7.13. The summed E-state index contributed by atoms with van der Waals surface area (Å²) in [7, 11) is -2.51. The molecule has 0 aliphatic carbocycles. The lowest BCUT2D eigenvalue weighted by Crippen LogP contribution is -2.72. The highest BCUT2D eigenvalue weighted by molar-refractivity contribution is 7.13. The summed E-state index contributed by atoms with van der Waals surface area (Å²) in [4.78, 5) is 12.2. The van der Waals surface area contributed by atoms with Crippen LogP contribution in [-0.2, 0) is 0 Å². The first-order valence-electron chi connectivity index (χ1n) is 15.8. The Hall–Kier alpha value is -5.25. The van der Waals surface area contributed by atoms with Gasteiger partial charge in [-0.1, -0.05) is 166 Å². The standard InChI is InChI=1S/C43H36O2Si/c1-43(2,3)46(34-16-6-4-7-17-34,35-18-8-5-9-19-35)36-25-22-31(23-26-36)39-27-24-30-14-10-12-20-37(30)40(39)41-38-21-13-11-15-32(38)28-33(29-44)42(41)45/h4-29,45H,1-3H3. The molecule has 0 atom stereocenters. The van der Waals surface area contributed by atoms with Crippen LogP contribution in [0.5, 0.6) is 5.75 Å². The highest BCUT2D eigenvalue weighted by Crippen LogP contribution is 2.46. The third kappa shape index (κ3) is 4.67. The molecule has 7 rings (SSSR count). The van der Waals surface area contributed by atoms with Gasteiger partial charge in [0, 0.05) is 11.1 Å². The van der Waals surface area contributed by atoms with Crippen LogP contribution in [0.3, 0.4) is 0 Å². The van der Waals surface area contributed by atoms with Crippen molar-refractivity contribution in [3.05, 3.63) is 157 Å². The van der Waals surface area contributed by atoms with Crippen LogP contribution >= 0.6 is 0 Å². The topological polar surface area (TPSA) is 37.3 Å². The summed E-state index contributed by atoms with van der Waals surface area (Å²) in [6.07, 6.45) is 0.745. The van der Waals surface area contributed by atoms with Crippen molar-refractivity contribution in [3.8, 4) is 28.0 Å². The van der Waals surface area contributed by atoms with Crippen LogP contribution in [0, 0.1) is 0 Å². The van der Waals surface area contributed by atoms with Gasteiger partial charge in [-0.2, -0.15) is 0 Å². The SMILES string of the molecule is CC(C)(C)[Si](c1ccccc1)(c1ccccc1)c1ccc(-c2ccc3ccccc3c2-c2c(O)c(C=O)cc3ccccc23)cc1. The minimum Gasteiger partial charge on any atom is -0.507 e. The summed E-state index contributed by atoms with van der Waals surface area (Å²) in [5, 5.41) is 19.7. The van der Waals surface area contributed by atoms with Gasteiger partial charge in [-0.15, -0.1) is 0 Å². The van der Waals surface area contributed by atoms with Crippen LogP contribution in [0.1, 0.15) is 31.1 Å². The number of carbonyl (C=O) groups is 1. The Morgan fingerprint density at radius 3 is 1.61 bits per heavy atom. The van der Waals surface area contributed by atoms with Crippen molar-refractivity contribution >= 4 is 51.5 Å². The zero-order valence-corrected chi connectivity index (χ0v) is 27.4. The van der Waals surface area contributed by atoms with Gasteiger partial charge in [0.15, 0.2) is 14.4 Å². The predicted octanol–water partition coefficient (Wildman–Crippen LogP) is 9.12. The van der Waals surface area contributed by atoms with Crippen molar-refractivity contribution in [2.24, 2.45) is 0 Å². The number of hydrogen-bond acceptors (Lipinski definition) is 2. The van der Waals surface area contributed by atoms with Crippen molar-refractivity contribution < 1.29 is 9.90 Å². The molecule has 224 valence electrons. The fourth-order valence-electron chi connectivity index (χ4n) is 7.56. The molecule has 0 fully saturated rings.